The zero-order valence-corrected chi connectivity index (χ0v) is 14.1. The number of carbonyl (C=O) groups excluding carboxylic acids is 1. The molecule has 1 atom stereocenters. The van der Waals surface area contributed by atoms with Crippen molar-refractivity contribution in [2.75, 3.05) is 19.6 Å². The lowest BCUT2D eigenvalue weighted by Crippen LogP contribution is -2.52. The van der Waals surface area contributed by atoms with Gasteiger partial charge in [0.05, 0.1) is 4.88 Å². The summed E-state index contributed by atoms with van der Waals surface area (Å²) in [6, 6.07) is 2.25. The first-order valence-electron chi connectivity index (χ1n) is 6.37. The van der Waals surface area contributed by atoms with Gasteiger partial charge in [-0.05, 0) is 28.9 Å². The molecule has 7 heteroatoms. The zero-order chi connectivity index (χ0) is 14.1. The molecular weight excluding hydrogens is 358 g/mol. The topological polar surface area (TPSA) is 45.2 Å². The van der Waals surface area contributed by atoms with Crippen LogP contribution >= 0.6 is 38.6 Å². The van der Waals surface area contributed by atoms with Gasteiger partial charge < -0.3 is 10.2 Å². The largest absolute Gasteiger partial charge is 0.332 e. The number of hydrogen-bond donors (Lipinski definition) is 1. The first kappa shape index (κ1) is 14.2. The maximum atomic E-state index is 12.5. The van der Waals surface area contributed by atoms with E-state index in [1.807, 2.05) is 21.7 Å². The van der Waals surface area contributed by atoms with Crippen LogP contribution in [0.3, 0.4) is 0 Å². The van der Waals surface area contributed by atoms with Gasteiger partial charge in [-0.2, -0.15) is 0 Å². The summed E-state index contributed by atoms with van der Waals surface area (Å²) in [5.74, 6) is 0.0390. The van der Waals surface area contributed by atoms with Gasteiger partial charge in [0.1, 0.15) is 10.7 Å². The van der Waals surface area contributed by atoms with Gasteiger partial charge in [0.2, 0.25) is 0 Å². The molecule has 106 valence electrons. The van der Waals surface area contributed by atoms with E-state index in [1.54, 1.807) is 11.3 Å². The Morgan fingerprint density at radius 3 is 3.05 bits per heavy atom. The number of amides is 1. The van der Waals surface area contributed by atoms with Crippen molar-refractivity contribution >= 4 is 44.5 Å². The predicted octanol–water partition coefficient (Wildman–Crippen LogP) is 3.07. The standard InChI is InChI=1S/C13H14BrN3OS2/c1-8-5-15-2-3-17(8)13(18)10-7-20-12(16-10)11-4-9(14)6-19-11/h4,6-8,15H,2-3,5H2,1H3. The van der Waals surface area contributed by atoms with Gasteiger partial charge in [-0.1, -0.05) is 0 Å². The lowest BCUT2D eigenvalue weighted by Gasteiger charge is -2.33. The minimum absolute atomic E-state index is 0.0390. The molecule has 20 heavy (non-hydrogen) atoms. The highest BCUT2D eigenvalue weighted by Crippen LogP contribution is 2.32. The Morgan fingerprint density at radius 2 is 2.35 bits per heavy atom. The van der Waals surface area contributed by atoms with E-state index >= 15 is 0 Å². The third-order valence-electron chi connectivity index (χ3n) is 3.26. The van der Waals surface area contributed by atoms with E-state index in [0.29, 0.717) is 5.69 Å². The number of nitrogens with one attached hydrogen (secondary N) is 1. The number of carbonyl (C=O) groups is 1. The first-order chi connectivity index (χ1) is 9.65. The van der Waals surface area contributed by atoms with Gasteiger partial charge in [-0.25, -0.2) is 4.98 Å². The highest BCUT2D eigenvalue weighted by molar-refractivity contribution is 9.10. The summed E-state index contributed by atoms with van der Waals surface area (Å²) in [7, 11) is 0. The van der Waals surface area contributed by atoms with Crippen LogP contribution in [0.25, 0.3) is 9.88 Å². The van der Waals surface area contributed by atoms with Gasteiger partial charge in [0.15, 0.2) is 0 Å². The van der Waals surface area contributed by atoms with E-state index in [1.165, 1.54) is 11.3 Å². The van der Waals surface area contributed by atoms with Gasteiger partial charge >= 0.3 is 0 Å². The number of piperazine rings is 1. The molecule has 0 spiro atoms. The Bertz CT molecular complexity index is 625. The molecule has 0 bridgehead atoms. The summed E-state index contributed by atoms with van der Waals surface area (Å²) in [5, 5.41) is 8.08. The second-order valence-corrected chi connectivity index (χ2v) is 7.40. The second-order valence-electron chi connectivity index (χ2n) is 4.72. The molecule has 1 fully saturated rings. The molecule has 0 radical (unpaired) electrons. The van der Waals surface area contributed by atoms with Crippen LogP contribution in [0.4, 0.5) is 0 Å². The quantitative estimate of drug-likeness (QED) is 0.881. The van der Waals surface area contributed by atoms with Crippen LogP contribution in [0.1, 0.15) is 17.4 Å². The Labute approximate surface area is 134 Å². The number of nitrogens with zero attached hydrogens (tertiary/aromatic N) is 2. The SMILES string of the molecule is CC1CNCCN1C(=O)c1csc(-c2cc(Br)cs2)n1. The minimum atomic E-state index is 0.0390. The summed E-state index contributed by atoms with van der Waals surface area (Å²) < 4.78 is 1.05. The molecule has 3 heterocycles. The average molecular weight is 372 g/mol. The van der Waals surface area contributed by atoms with Crippen molar-refractivity contribution in [3.63, 3.8) is 0 Å². The zero-order valence-electron chi connectivity index (χ0n) is 10.9. The third kappa shape index (κ3) is 2.81. The van der Waals surface area contributed by atoms with E-state index in [0.717, 1.165) is 34.0 Å². The second kappa shape index (κ2) is 5.93. The lowest BCUT2D eigenvalue weighted by atomic mass is 10.2. The Morgan fingerprint density at radius 1 is 1.50 bits per heavy atom. The van der Waals surface area contributed by atoms with E-state index in [2.05, 4.69) is 33.2 Å². The summed E-state index contributed by atoms with van der Waals surface area (Å²) in [5.41, 5.74) is 0.559. The number of aromatic nitrogens is 1. The van der Waals surface area contributed by atoms with Crippen LogP contribution in [0.2, 0.25) is 0 Å². The van der Waals surface area contributed by atoms with Crippen LogP contribution in [0, 0.1) is 0 Å². The highest BCUT2D eigenvalue weighted by Gasteiger charge is 2.25. The Balaban J connectivity index is 1.81. The summed E-state index contributed by atoms with van der Waals surface area (Å²) in [6.45, 7) is 4.51. The van der Waals surface area contributed by atoms with Crippen molar-refractivity contribution in [3.8, 4) is 9.88 Å². The predicted molar refractivity (Wildman–Crippen MR) is 86.5 cm³/mol. The van der Waals surface area contributed by atoms with Crippen molar-refractivity contribution in [1.29, 1.82) is 0 Å². The van der Waals surface area contributed by atoms with Crippen molar-refractivity contribution in [1.82, 2.24) is 15.2 Å². The van der Waals surface area contributed by atoms with Gasteiger partial charge in [-0.3, -0.25) is 4.79 Å². The molecule has 1 saturated heterocycles. The van der Waals surface area contributed by atoms with Crippen molar-refractivity contribution in [2.24, 2.45) is 0 Å². The van der Waals surface area contributed by atoms with Crippen molar-refractivity contribution in [2.45, 2.75) is 13.0 Å². The summed E-state index contributed by atoms with van der Waals surface area (Å²) >= 11 is 6.60. The molecule has 3 rings (SSSR count). The third-order valence-corrected chi connectivity index (χ3v) is 5.97. The molecular formula is C13H14BrN3OS2. The van der Waals surface area contributed by atoms with Crippen LogP contribution in [0.5, 0.6) is 0 Å². The van der Waals surface area contributed by atoms with E-state index in [9.17, 15) is 4.79 Å². The fourth-order valence-electron chi connectivity index (χ4n) is 2.20. The molecule has 2 aromatic heterocycles. The maximum absolute atomic E-state index is 12.5. The molecule has 1 aliphatic rings. The minimum Gasteiger partial charge on any atom is -0.332 e. The van der Waals surface area contributed by atoms with Crippen LogP contribution in [-0.4, -0.2) is 41.5 Å². The van der Waals surface area contributed by atoms with Crippen molar-refractivity contribution in [3.05, 3.63) is 27.0 Å². The fraction of sp³-hybridized carbons (Fsp3) is 0.385. The van der Waals surface area contributed by atoms with Gasteiger partial charge in [0, 0.05) is 40.9 Å². The molecule has 4 nitrogen and oxygen atoms in total. The maximum Gasteiger partial charge on any atom is 0.273 e. The molecule has 1 amide bonds. The molecule has 0 saturated carbocycles. The molecule has 0 aliphatic carbocycles. The van der Waals surface area contributed by atoms with Crippen LogP contribution in [0.15, 0.2) is 21.3 Å². The van der Waals surface area contributed by atoms with Gasteiger partial charge in [-0.15, -0.1) is 22.7 Å². The number of halogens is 1. The van der Waals surface area contributed by atoms with E-state index in [4.69, 9.17) is 0 Å². The monoisotopic (exact) mass is 371 g/mol. The van der Waals surface area contributed by atoms with Crippen LogP contribution in [-0.2, 0) is 0 Å². The molecule has 2 aromatic rings. The number of rotatable bonds is 2. The number of thiazole rings is 1. The normalized spacial score (nSPS) is 19.3. The number of hydrogen-bond acceptors (Lipinski definition) is 5. The van der Waals surface area contributed by atoms with E-state index in [-0.39, 0.29) is 11.9 Å². The fourth-order valence-corrected chi connectivity index (χ4v) is 4.50. The highest BCUT2D eigenvalue weighted by atomic mass is 79.9. The van der Waals surface area contributed by atoms with E-state index < -0.39 is 0 Å². The summed E-state index contributed by atoms with van der Waals surface area (Å²) in [4.78, 5) is 20.0. The average Bonchev–Trinajstić information content (AvgIpc) is 3.07. The Kier molecular flexibility index (Phi) is 4.21. The molecule has 0 aromatic carbocycles. The molecule has 1 unspecified atom stereocenters. The first-order valence-corrected chi connectivity index (χ1v) is 8.92. The van der Waals surface area contributed by atoms with Crippen molar-refractivity contribution < 1.29 is 4.79 Å². The Hall–Kier alpha value is -0.760. The number of thiophene rings is 1. The van der Waals surface area contributed by atoms with Crippen LogP contribution < -0.4 is 5.32 Å². The smallest absolute Gasteiger partial charge is 0.273 e. The summed E-state index contributed by atoms with van der Waals surface area (Å²) in [6.07, 6.45) is 0. The molecule has 1 N–H and O–H groups in total. The molecule has 1 aliphatic heterocycles. The van der Waals surface area contributed by atoms with Gasteiger partial charge in [0.25, 0.3) is 5.91 Å². The lowest BCUT2D eigenvalue weighted by molar-refractivity contribution is 0.0650.